The number of hydrogen-bond donors (Lipinski definition) is 5. The summed E-state index contributed by atoms with van der Waals surface area (Å²) < 4.78 is 8.88. The predicted molar refractivity (Wildman–Crippen MR) is 62.3 cm³/mol. The van der Waals surface area contributed by atoms with E-state index in [1.165, 1.54) is 0 Å². The summed E-state index contributed by atoms with van der Waals surface area (Å²) in [5.74, 6) is 0. The number of carbonyl (C=O) groups is 1. The van der Waals surface area contributed by atoms with Gasteiger partial charge in [-0.15, -0.1) is 0 Å². The molecular weight excluding hydrogens is 314 g/mol. The Morgan fingerprint density at radius 2 is 0.765 bits per heavy atom. The predicted octanol–water partition coefficient (Wildman–Crippen LogP) is -7.22. The SMILES string of the molecule is O.O.O.O.O.O.O=C(O)O.O=P(O)(O)O.[CaH2].[NaH]. The molecule has 0 amide bonds. The summed E-state index contributed by atoms with van der Waals surface area (Å²) >= 11 is 0. The molecule has 0 aromatic heterocycles. The van der Waals surface area contributed by atoms with E-state index in [-0.39, 0.29) is 100 Å². The third kappa shape index (κ3) is 2110. The van der Waals surface area contributed by atoms with Crippen LogP contribution in [0.2, 0.25) is 0 Å². The van der Waals surface area contributed by atoms with Crippen molar-refractivity contribution >= 4 is 81.3 Å². The van der Waals surface area contributed by atoms with E-state index in [0.29, 0.717) is 0 Å². The van der Waals surface area contributed by atoms with Crippen molar-refractivity contribution < 1.29 is 67.1 Å². The fraction of sp³-hybridized carbons (Fsp3) is 0. The quantitative estimate of drug-likeness (QED) is 0.210. The Balaban J connectivity index is -0.00000000494. The van der Waals surface area contributed by atoms with Gasteiger partial charge in [-0.05, 0) is 0 Å². The van der Waals surface area contributed by atoms with Crippen LogP contribution in [0.5, 0.6) is 0 Å². The first-order valence-electron chi connectivity index (χ1n) is 1.43. The molecule has 0 fully saturated rings. The van der Waals surface area contributed by atoms with E-state index in [9.17, 15) is 0 Å². The number of hydrogen-bond acceptors (Lipinski definition) is 2. The van der Waals surface area contributed by atoms with Crippen LogP contribution in [0.15, 0.2) is 0 Å². The van der Waals surface area contributed by atoms with Gasteiger partial charge in [-0.25, -0.2) is 9.36 Å². The molecule has 17 heavy (non-hydrogen) atoms. The van der Waals surface area contributed by atoms with Crippen LogP contribution in [-0.4, -0.2) is 131 Å². The molecule has 0 saturated heterocycles. The molecule has 0 heterocycles. The summed E-state index contributed by atoms with van der Waals surface area (Å²) in [6.45, 7) is 0. The second-order valence-corrected chi connectivity index (χ2v) is 1.82. The first-order chi connectivity index (χ1) is 3.73. The van der Waals surface area contributed by atoms with Crippen LogP contribution < -0.4 is 0 Å². The Morgan fingerprint density at radius 3 is 0.765 bits per heavy atom. The van der Waals surface area contributed by atoms with Gasteiger partial charge in [0.25, 0.3) is 0 Å². The van der Waals surface area contributed by atoms with Crippen LogP contribution >= 0.6 is 7.82 Å². The average Bonchev–Trinajstić information content (AvgIpc) is 1.19. The summed E-state index contributed by atoms with van der Waals surface area (Å²) in [4.78, 5) is 30.1. The van der Waals surface area contributed by atoms with Gasteiger partial charge < -0.3 is 57.8 Å². The van der Waals surface area contributed by atoms with Crippen LogP contribution in [0.1, 0.15) is 0 Å². The maximum absolute atomic E-state index is 8.88. The van der Waals surface area contributed by atoms with Crippen LogP contribution in [0, 0.1) is 0 Å². The zero-order valence-corrected chi connectivity index (χ0v) is 7.89. The van der Waals surface area contributed by atoms with Crippen molar-refractivity contribution in [1.82, 2.24) is 0 Å². The summed E-state index contributed by atoms with van der Waals surface area (Å²) in [5, 5.41) is 13.9. The van der Waals surface area contributed by atoms with E-state index >= 15 is 0 Å². The average molecular weight is 334 g/mol. The Labute approximate surface area is 147 Å². The molecule has 0 aromatic rings. The van der Waals surface area contributed by atoms with Crippen LogP contribution in [-0.2, 0) is 4.57 Å². The second kappa shape index (κ2) is 43.3. The van der Waals surface area contributed by atoms with Gasteiger partial charge in [-0.3, -0.25) is 0 Å². The number of phosphoric acid groups is 1. The van der Waals surface area contributed by atoms with Crippen molar-refractivity contribution in [1.29, 1.82) is 0 Å². The van der Waals surface area contributed by atoms with Gasteiger partial charge in [0.15, 0.2) is 0 Å². The third-order valence-corrected chi connectivity index (χ3v) is 0. The summed E-state index contributed by atoms with van der Waals surface area (Å²) in [7, 11) is -4.64. The Morgan fingerprint density at radius 1 is 0.765 bits per heavy atom. The van der Waals surface area contributed by atoms with Crippen molar-refractivity contribution in [3.8, 4) is 0 Å². The zero-order chi connectivity index (χ0) is 8.08. The fourth-order valence-corrected chi connectivity index (χ4v) is 0. The summed E-state index contributed by atoms with van der Waals surface area (Å²) in [6, 6.07) is 0. The molecule has 0 saturated carbocycles. The second-order valence-electron chi connectivity index (χ2n) is 0.796. The van der Waals surface area contributed by atoms with Crippen molar-refractivity contribution in [2.45, 2.75) is 0 Å². The Hall–Kier alpha value is 1.40. The van der Waals surface area contributed by atoms with E-state index in [1.807, 2.05) is 0 Å². The zero-order valence-electron chi connectivity index (χ0n) is 7.00. The molecule has 110 valence electrons. The molecule has 0 atom stereocenters. The summed E-state index contributed by atoms with van der Waals surface area (Å²) in [6.07, 6.45) is -1.83. The topological polar surface area (TPSA) is 324 Å². The van der Waals surface area contributed by atoms with Gasteiger partial charge in [-0.2, -0.15) is 0 Å². The van der Waals surface area contributed by atoms with Crippen LogP contribution in [0.25, 0.3) is 0 Å². The minimum atomic E-state index is -4.64. The third-order valence-electron chi connectivity index (χ3n) is 0. The standard InChI is InChI=1S/CH2O3.Ca.Na.H3O4P.6H2O.3H/c2-1(3)4;;;1-5(2,3)4;;;;;;;;;/h(H2,2,3,4);;;(H3,1,2,3,4);6*1H2;;;. The first-order valence-corrected chi connectivity index (χ1v) is 3.00. The van der Waals surface area contributed by atoms with Gasteiger partial charge in [0.1, 0.15) is 0 Å². The molecule has 16 heteroatoms. The van der Waals surface area contributed by atoms with E-state index in [4.69, 9.17) is 34.3 Å². The van der Waals surface area contributed by atoms with Crippen molar-refractivity contribution in [2.24, 2.45) is 0 Å². The van der Waals surface area contributed by atoms with Gasteiger partial charge >= 0.3 is 81.3 Å². The number of carboxylic acid groups (broad SMARTS) is 2. The molecule has 0 radical (unpaired) electrons. The Kier molecular flexibility index (Phi) is 201. The Bertz CT molecular complexity index is 121. The fourth-order valence-electron chi connectivity index (χ4n) is 0. The molecule has 0 aliphatic rings. The molecule has 0 bridgehead atoms. The van der Waals surface area contributed by atoms with Gasteiger partial charge in [0.05, 0.1) is 0 Å². The minimum absolute atomic E-state index is 0. The first kappa shape index (κ1) is 79.0. The summed E-state index contributed by atoms with van der Waals surface area (Å²) in [5.41, 5.74) is 0. The monoisotopic (exact) mass is 334 g/mol. The molecule has 13 nitrogen and oxygen atoms in total. The van der Waals surface area contributed by atoms with Gasteiger partial charge in [0, 0.05) is 0 Å². The molecule has 0 aliphatic carbocycles. The van der Waals surface area contributed by atoms with Crippen molar-refractivity contribution in [3.05, 3.63) is 0 Å². The van der Waals surface area contributed by atoms with E-state index in [1.54, 1.807) is 0 Å². The van der Waals surface area contributed by atoms with Crippen LogP contribution in [0.3, 0.4) is 0 Å². The van der Waals surface area contributed by atoms with Crippen LogP contribution in [0.4, 0.5) is 4.79 Å². The maximum atomic E-state index is 8.88. The molecule has 17 N–H and O–H groups in total. The number of rotatable bonds is 0. The molecule has 0 aliphatic heterocycles. The van der Waals surface area contributed by atoms with E-state index in [0.717, 1.165) is 0 Å². The molecule has 0 spiro atoms. The molecular formula is CH20CaNaO13P. The molecule has 0 unspecified atom stereocenters. The van der Waals surface area contributed by atoms with Crippen molar-refractivity contribution in [2.75, 3.05) is 0 Å². The molecule has 0 aromatic carbocycles. The normalized spacial score (nSPS) is 4.88. The van der Waals surface area contributed by atoms with Gasteiger partial charge in [-0.1, -0.05) is 0 Å². The van der Waals surface area contributed by atoms with Gasteiger partial charge in [0.2, 0.25) is 0 Å². The van der Waals surface area contributed by atoms with E-state index in [2.05, 4.69) is 0 Å². The molecule has 0 rings (SSSR count). The van der Waals surface area contributed by atoms with E-state index < -0.39 is 14.0 Å². The van der Waals surface area contributed by atoms with Crippen molar-refractivity contribution in [3.63, 3.8) is 0 Å².